The number of carbonyl (C=O) groups excluding carboxylic acids is 1. The molecule has 0 aliphatic carbocycles. The van der Waals surface area contributed by atoms with Gasteiger partial charge in [0.1, 0.15) is 6.61 Å². The lowest BCUT2D eigenvalue weighted by Gasteiger charge is -2.15. The number of carboxylic acids is 1. The summed E-state index contributed by atoms with van der Waals surface area (Å²) < 4.78 is 40.1. The highest BCUT2D eigenvalue weighted by molar-refractivity contribution is 5.96. The van der Waals surface area contributed by atoms with Crippen molar-refractivity contribution in [3.8, 4) is 0 Å². The number of alkyl halides is 3. The number of carbonyl (C=O) groups is 2. The Morgan fingerprint density at radius 3 is 2.24 bits per heavy atom. The maximum atomic E-state index is 11.9. The van der Waals surface area contributed by atoms with E-state index >= 15 is 0 Å². The quantitative estimate of drug-likeness (QED) is 0.844. The zero-order chi connectivity index (χ0) is 16.0. The molecule has 0 aliphatic heterocycles. The minimum Gasteiger partial charge on any atom is -0.478 e. The molecule has 116 valence electrons. The van der Waals surface area contributed by atoms with E-state index in [4.69, 9.17) is 5.11 Å². The molecule has 1 aromatic carbocycles. The lowest BCUT2D eigenvalue weighted by atomic mass is 10.1. The molecule has 0 saturated carbocycles. The molecule has 0 aromatic heterocycles. The summed E-state index contributed by atoms with van der Waals surface area (Å²) in [6.07, 6.45) is -4.41. The van der Waals surface area contributed by atoms with Gasteiger partial charge in [-0.2, -0.15) is 13.2 Å². The second-order valence-electron chi connectivity index (χ2n) is 4.39. The highest BCUT2D eigenvalue weighted by atomic mass is 19.4. The third-order valence-electron chi connectivity index (χ3n) is 2.41. The summed E-state index contributed by atoms with van der Waals surface area (Å²) in [5.41, 5.74) is 0.246. The zero-order valence-electron chi connectivity index (χ0n) is 11.1. The van der Waals surface area contributed by atoms with Crippen LogP contribution in [0.4, 0.5) is 13.2 Å². The predicted octanol–water partition coefficient (Wildman–Crippen LogP) is 2.08. The second kappa shape index (κ2) is 7.07. The number of halogens is 3. The number of carboxylic acid groups (broad SMARTS) is 1. The molecule has 1 amide bonds. The smallest absolute Gasteiger partial charge is 0.411 e. The normalized spacial score (nSPS) is 12.8. The topological polar surface area (TPSA) is 75.6 Å². The summed E-state index contributed by atoms with van der Waals surface area (Å²) in [4.78, 5) is 22.4. The van der Waals surface area contributed by atoms with Crippen LogP contribution in [0.15, 0.2) is 24.3 Å². The number of benzene rings is 1. The Kier molecular flexibility index (Phi) is 5.71. The van der Waals surface area contributed by atoms with Gasteiger partial charge in [-0.1, -0.05) is 0 Å². The molecule has 0 saturated heterocycles. The van der Waals surface area contributed by atoms with Crippen LogP contribution in [0.25, 0.3) is 0 Å². The van der Waals surface area contributed by atoms with Crippen molar-refractivity contribution < 1.29 is 32.6 Å². The maximum absolute atomic E-state index is 11.9. The maximum Gasteiger partial charge on any atom is 0.411 e. The molecular formula is C13H14F3NO4. The summed E-state index contributed by atoms with van der Waals surface area (Å²) in [6.45, 7) is -0.154. The largest absolute Gasteiger partial charge is 0.478 e. The SMILES string of the molecule is CC(COCC(F)(F)F)NC(=O)c1ccc(C(=O)O)cc1. The van der Waals surface area contributed by atoms with Crippen LogP contribution in [0.1, 0.15) is 27.6 Å². The van der Waals surface area contributed by atoms with Gasteiger partial charge in [0.15, 0.2) is 0 Å². The van der Waals surface area contributed by atoms with Crippen molar-refractivity contribution in [3.05, 3.63) is 35.4 Å². The first-order valence-electron chi connectivity index (χ1n) is 5.98. The highest BCUT2D eigenvalue weighted by Gasteiger charge is 2.27. The van der Waals surface area contributed by atoms with Crippen molar-refractivity contribution in [3.63, 3.8) is 0 Å². The van der Waals surface area contributed by atoms with Gasteiger partial charge >= 0.3 is 12.1 Å². The van der Waals surface area contributed by atoms with E-state index in [1.165, 1.54) is 31.2 Å². The molecule has 0 bridgehead atoms. The number of ether oxygens (including phenoxy) is 1. The van der Waals surface area contributed by atoms with E-state index in [9.17, 15) is 22.8 Å². The number of rotatable bonds is 6. The molecule has 8 heteroatoms. The van der Waals surface area contributed by atoms with Gasteiger partial charge in [0.05, 0.1) is 12.2 Å². The van der Waals surface area contributed by atoms with E-state index in [1.807, 2.05) is 0 Å². The fraction of sp³-hybridized carbons (Fsp3) is 0.385. The third-order valence-corrected chi connectivity index (χ3v) is 2.41. The average Bonchev–Trinajstić information content (AvgIpc) is 2.37. The number of amides is 1. The standard InChI is InChI=1S/C13H14F3NO4/c1-8(6-21-7-13(14,15)16)17-11(18)9-2-4-10(5-3-9)12(19)20/h2-5,8H,6-7H2,1H3,(H,17,18)(H,19,20). The van der Waals surface area contributed by atoms with Crippen LogP contribution in [0.3, 0.4) is 0 Å². The Morgan fingerprint density at radius 1 is 1.24 bits per heavy atom. The molecule has 1 rings (SSSR count). The first-order valence-corrected chi connectivity index (χ1v) is 5.98. The number of hydrogen-bond donors (Lipinski definition) is 2. The summed E-state index contributed by atoms with van der Waals surface area (Å²) in [5, 5.41) is 11.2. The first kappa shape index (κ1) is 17.0. The van der Waals surface area contributed by atoms with Crippen molar-refractivity contribution in [1.82, 2.24) is 5.32 Å². The monoisotopic (exact) mass is 305 g/mol. The lowest BCUT2D eigenvalue weighted by Crippen LogP contribution is -2.36. The Hall–Kier alpha value is -2.09. The Bertz CT molecular complexity index is 499. The van der Waals surface area contributed by atoms with Crippen LogP contribution < -0.4 is 5.32 Å². The predicted molar refractivity (Wildman–Crippen MR) is 67.2 cm³/mol. The van der Waals surface area contributed by atoms with Gasteiger partial charge in [-0.3, -0.25) is 4.79 Å². The Labute approximate surface area is 118 Å². The molecule has 0 aliphatic rings. The molecular weight excluding hydrogens is 291 g/mol. The first-order chi connectivity index (χ1) is 9.69. The van der Waals surface area contributed by atoms with Crippen molar-refractivity contribution in [2.24, 2.45) is 0 Å². The highest BCUT2D eigenvalue weighted by Crippen LogP contribution is 2.14. The molecule has 0 heterocycles. The fourth-order valence-electron chi connectivity index (χ4n) is 1.46. The number of nitrogens with one attached hydrogen (secondary N) is 1. The molecule has 1 atom stereocenters. The van der Waals surface area contributed by atoms with Gasteiger partial charge in [-0.15, -0.1) is 0 Å². The van der Waals surface area contributed by atoms with Gasteiger partial charge < -0.3 is 15.2 Å². The van der Waals surface area contributed by atoms with Crippen LogP contribution in [-0.2, 0) is 4.74 Å². The molecule has 0 fully saturated rings. The van der Waals surface area contributed by atoms with Gasteiger partial charge in [0, 0.05) is 11.6 Å². The Morgan fingerprint density at radius 2 is 1.76 bits per heavy atom. The molecule has 5 nitrogen and oxygen atoms in total. The van der Waals surface area contributed by atoms with Crippen LogP contribution in [0.5, 0.6) is 0 Å². The van der Waals surface area contributed by atoms with E-state index in [0.717, 1.165) is 0 Å². The Balaban J connectivity index is 2.47. The van der Waals surface area contributed by atoms with Crippen LogP contribution in [0, 0.1) is 0 Å². The van der Waals surface area contributed by atoms with Gasteiger partial charge in [0.25, 0.3) is 5.91 Å². The van der Waals surface area contributed by atoms with Crippen molar-refractivity contribution in [1.29, 1.82) is 0 Å². The average molecular weight is 305 g/mol. The summed E-state index contributed by atoms with van der Waals surface area (Å²) >= 11 is 0. The van der Waals surface area contributed by atoms with Crippen molar-refractivity contribution >= 4 is 11.9 Å². The van der Waals surface area contributed by atoms with E-state index in [0.29, 0.717) is 0 Å². The number of aromatic carboxylic acids is 1. The van der Waals surface area contributed by atoms with Crippen molar-refractivity contribution in [2.45, 2.75) is 19.1 Å². The van der Waals surface area contributed by atoms with E-state index < -0.39 is 30.7 Å². The second-order valence-corrected chi connectivity index (χ2v) is 4.39. The summed E-state index contributed by atoms with van der Waals surface area (Å²) in [6, 6.07) is 4.56. The molecule has 0 radical (unpaired) electrons. The van der Waals surface area contributed by atoms with E-state index in [1.54, 1.807) is 0 Å². The van der Waals surface area contributed by atoms with Crippen molar-refractivity contribution in [2.75, 3.05) is 13.2 Å². The summed E-state index contributed by atoms with van der Waals surface area (Å²) in [7, 11) is 0. The van der Waals surface area contributed by atoms with Crippen LogP contribution in [0.2, 0.25) is 0 Å². The summed E-state index contributed by atoms with van der Waals surface area (Å²) in [5.74, 6) is -1.63. The minimum absolute atomic E-state index is 0.0353. The van der Waals surface area contributed by atoms with E-state index in [-0.39, 0.29) is 17.7 Å². The number of hydrogen-bond acceptors (Lipinski definition) is 3. The minimum atomic E-state index is -4.41. The van der Waals surface area contributed by atoms with Crippen LogP contribution >= 0.6 is 0 Å². The zero-order valence-corrected chi connectivity index (χ0v) is 11.1. The molecule has 21 heavy (non-hydrogen) atoms. The molecule has 0 spiro atoms. The van der Waals surface area contributed by atoms with Gasteiger partial charge in [-0.25, -0.2) is 4.79 Å². The lowest BCUT2D eigenvalue weighted by molar-refractivity contribution is -0.174. The molecule has 1 aromatic rings. The molecule has 2 N–H and O–H groups in total. The molecule has 1 unspecified atom stereocenters. The van der Waals surface area contributed by atoms with Gasteiger partial charge in [0.2, 0.25) is 0 Å². The third kappa shape index (κ3) is 6.26. The fourth-order valence-corrected chi connectivity index (χ4v) is 1.46. The van der Waals surface area contributed by atoms with Gasteiger partial charge in [-0.05, 0) is 31.2 Å². The van der Waals surface area contributed by atoms with E-state index in [2.05, 4.69) is 10.1 Å². The van der Waals surface area contributed by atoms with Crippen LogP contribution in [-0.4, -0.2) is 42.4 Å².